The second kappa shape index (κ2) is 7.87. The molecule has 0 bridgehead atoms. The van der Waals surface area contributed by atoms with Gasteiger partial charge in [0, 0.05) is 31.5 Å². The number of hydrogen-bond acceptors (Lipinski definition) is 1. The molecule has 27 heavy (non-hydrogen) atoms. The number of benzene rings is 2. The highest BCUT2D eigenvalue weighted by Gasteiger charge is 2.27. The standard InChI is InChI=1S/C23H24ClFN2/c1-2-17-6-9-19(10-7-17)23-22-5-3-12-26(22)13-4-14-27(23)16-18-8-11-21(25)20(24)15-18/h3,5-12,15,23H,2,4,13-14,16H2,1H3. The minimum Gasteiger partial charge on any atom is -0.350 e. The number of fused-ring (bicyclic) bond motifs is 1. The van der Waals surface area contributed by atoms with E-state index in [4.69, 9.17) is 11.6 Å². The van der Waals surface area contributed by atoms with E-state index < -0.39 is 0 Å². The molecule has 0 radical (unpaired) electrons. The van der Waals surface area contributed by atoms with E-state index in [1.165, 1.54) is 22.9 Å². The summed E-state index contributed by atoms with van der Waals surface area (Å²) in [6.45, 7) is 4.92. The van der Waals surface area contributed by atoms with E-state index in [1.807, 2.05) is 6.07 Å². The summed E-state index contributed by atoms with van der Waals surface area (Å²) in [5, 5.41) is 0.189. The monoisotopic (exact) mass is 382 g/mol. The number of rotatable bonds is 4. The zero-order valence-electron chi connectivity index (χ0n) is 15.5. The molecule has 0 saturated carbocycles. The quantitative estimate of drug-likeness (QED) is 0.550. The lowest BCUT2D eigenvalue weighted by Crippen LogP contribution is -2.29. The first-order valence-electron chi connectivity index (χ1n) is 9.57. The third kappa shape index (κ3) is 3.80. The van der Waals surface area contributed by atoms with Crippen molar-refractivity contribution >= 4 is 11.6 Å². The Labute approximate surface area is 165 Å². The van der Waals surface area contributed by atoms with Gasteiger partial charge in [0.15, 0.2) is 0 Å². The van der Waals surface area contributed by atoms with E-state index >= 15 is 0 Å². The van der Waals surface area contributed by atoms with E-state index in [2.05, 4.69) is 59.0 Å². The summed E-state index contributed by atoms with van der Waals surface area (Å²) in [6.07, 6.45) is 4.29. The van der Waals surface area contributed by atoms with E-state index in [0.29, 0.717) is 0 Å². The highest BCUT2D eigenvalue weighted by molar-refractivity contribution is 6.30. The topological polar surface area (TPSA) is 8.17 Å². The fraction of sp³-hybridized carbons (Fsp3) is 0.304. The molecular formula is C23H24ClFN2. The van der Waals surface area contributed by atoms with Crippen LogP contribution >= 0.6 is 11.6 Å². The number of hydrogen-bond donors (Lipinski definition) is 0. The molecule has 1 aliphatic heterocycles. The fourth-order valence-electron chi connectivity index (χ4n) is 4.00. The van der Waals surface area contributed by atoms with Crippen LogP contribution < -0.4 is 0 Å². The molecule has 3 aromatic rings. The molecule has 140 valence electrons. The first-order valence-corrected chi connectivity index (χ1v) is 9.95. The second-order valence-corrected chi connectivity index (χ2v) is 7.60. The molecule has 1 aromatic heterocycles. The Balaban J connectivity index is 1.71. The van der Waals surface area contributed by atoms with Crippen molar-refractivity contribution < 1.29 is 4.39 Å². The summed E-state index contributed by atoms with van der Waals surface area (Å²) < 4.78 is 15.9. The van der Waals surface area contributed by atoms with Crippen LogP contribution in [0.15, 0.2) is 60.8 Å². The predicted octanol–water partition coefficient (Wildman–Crippen LogP) is 5.84. The largest absolute Gasteiger partial charge is 0.350 e. The van der Waals surface area contributed by atoms with Crippen molar-refractivity contribution in [3.8, 4) is 0 Å². The van der Waals surface area contributed by atoms with Gasteiger partial charge in [0.1, 0.15) is 5.82 Å². The number of aromatic nitrogens is 1. The van der Waals surface area contributed by atoms with E-state index in [-0.39, 0.29) is 16.9 Å². The van der Waals surface area contributed by atoms with E-state index in [9.17, 15) is 4.39 Å². The van der Waals surface area contributed by atoms with Gasteiger partial charge in [-0.05, 0) is 53.8 Å². The van der Waals surface area contributed by atoms with Crippen LogP contribution in [-0.2, 0) is 19.5 Å². The maximum atomic E-state index is 13.6. The lowest BCUT2D eigenvalue weighted by molar-refractivity contribution is 0.220. The number of nitrogens with zero attached hydrogens (tertiary/aromatic N) is 2. The van der Waals surface area contributed by atoms with E-state index in [1.54, 1.807) is 6.07 Å². The Morgan fingerprint density at radius 1 is 1.04 bits per heavy atom. The van der Waals surface area contributed by atoms with Crippen LogP contribution in [0.25, 0.3) is 0 Å². The summed E-state index contributed by atoms with van der Waals surface area (Å²) >= 11 is 6.02. The van der Waals surface area contributed by atoms with Crippen molar-refractivity contribution in [2.45, 2.75) is 38.9 Å². The molecule has 0 aliphatic carbocycles. The average molecular weight is 383 g/mol. The van der Waals surface area contributed by atoms with Gasteiger partial charge >= 0.3 is 0 Å². The molecule has 1 atom stereocenters. The molecule has 1 aliphatic rings. The van der Waals surface area contributed by atoms with Crippen molar-refractivity contribution in [3.05, 3.63) is 94.0 Å². The molecule has 4 heteroatoms. The molecule has 4 rings (SSSR count). The van der Waals surface area contributed by atoms with Gasteiger partial charge in [0.25, 0.3) is 0 Å². The third-order valence-corrected chi connectivity index (χ3v) is 5.72. The Hall–Kier alpha value is -2.10. The number of aryl methyl sites for hydroxylation is 2. The summed E-state index contributed by atoms with van der Waals surface area (Å²) in [7, 11) is 0. The smallest absolute Gasteiger partial charge is 0.141 e. The van der Waals surface area contributed by atoms with Crippen LogP contribution in [0.5, 0.6) is 0 Å². The van der Waals surface area contributed by atoms with Gasteiger partial charge in [-0.3, -0.25) is 4.90 Å². The summed E-state index contributed by atoms with van der Waals surface area (Å²) in [4.78, 5) is 2.48. The van der Waals surface area contributed by atoms with Crippen LogP contribution in [0.1, 0.15) is 41.8 Å². The molecule has 2 nitrogen and oxygen atoms in total. The van der Waals surface area contributed by atoms with Crippen LogP contribution in [0.2, 0.25) is 5.02 Å². The SMILES string of the molecule is CCc1ccc(C2c3cccn3CCCN2Cc2ccc(F)c(Cl)c2)cc1. The number of halogens is 2. The van der Waals surface area contributed by atoms with Crippen molar-refractivity contribution in [1.29, 1.82) is 0 Å². The van der Waals surface area contributed by atoms with Crippen LogP contribution in [0.3, 0.4) is 0 Å². The molecule has 2 aromatic carbocycles. The van der Waals surface area contributed by atoms with Crippen LogP contribution in [0.4, 0.5) is 4.39 Å². The summed E-state index contributed by atoms with van der Waals surface area (Å²) in [6, 6.07) is 18.5. The van der Waals surface area contributed by atoms with Crippen LogP contribution in [-0.4, -0.2) is 16.0 Å². The summed E-state index contributed by atoms with van der Waals surface area (Å²) in [5.74, 6) is -0.364. The van der Waals surface area contributed by atoms with Crippen molar-refractivity contribution in [3.63, 3.8) is 0 Å². The Bertz CT molecular complexity index is 916. The minimum absolute atomic E-state index is 0.178. The average Bonchev–Trinajstić information content (AvgIpc) is 3.06. The first kappa shape index (κ1) is 18.3. The van der Waals surface area contributed by atoms with Crippen molar-refractivity contribution in [2.24, 2.45) is 0 Å². The van der Waals surface area contributed by atoms with Crippen molar-refractivity contribution in [1.82, 2.24) is 9.47 Å². The normalized spacial score (nSPS) is 17.5. The highest BCUT2D eigenvalue weighted by Crippen LogP contribution is 2.33. The Morgan fingerprint density at radius 3 is 2.56 bits per heavy atom. The fourth-order valence-corrected chi connectivity index (χ4v) is 4.20. The maximum Gasteiger partial charge on any atom is 0.141 e. The molecule has 0 N–H and O–H groups in total. The lowest BCUT2D eigenvalue weighted by Gasteiger charge is -2.31. The summed E-state index contributed by atoms with van der Waals surface area (Å²) in [5.41, 5.74) is 4.99. The first-order chi connectivity index (χ1) is 13.2. The predicted molar refractivity (Wildman–Crippen MR) is 109 cm³/mol. The van der Waals surface area contributed by atoms with Gasteiger partial charge in [-0.1, -0.05) is 48.9 Å². The molecule has 2 heterocycles. The second-order valence-electron chi connectivity index (χ2n) is 7.20. The Kier molecular flexibility index (Phi) is 5.33. The molecule has 0 spiro atoms. The van der Waals surface area contributed by atoms with Gasteiger partial charge in [0.2, 0.25) is 0 Å². The van der Waals surface area contributed by atoms with Gasteiger partial charge < -0.3 is 4.57 Å². The third-order valence-electron chi connectivity index (χ3n) is 5.43. The molecule has 0 amide bonds. The molecule has 0 saturated heterocycles. The maximum absolute atomic E-state index is 13.6. The van der Waals surface area contributed by atoms with Crippen molar-refractivity contribution in [2.75, 3.05) is 6.54 Å². The zero-order valence-corrected chi connectivity index (χ0v) is 16.3. The minimum atomic E-state index is -0.364. The highest BCUT2D eigenvalue weighted by atomic mass is 35.5. The molecule has 0 fully saturated rings. The molecular weight excluding hydrogens is 359 g/mol. The van der Waals surface area contributed by atoms with Gasteiger partial charge in [-0.2, -0.15) is 0 Å². The Morgan fingerprint density at radius 2 is 1.81 bits per heavy atom. The molecule has 1 unspecified atom stereocenters. The van der Waals surface area contributed by atoms with Gasteiger partial charge in [0.05, 0.1) is 11.1 Å². The van der Waals surface area contributed by atoms with Crippen LogP contribution in [0, 0.1) is 5.82 Å². The zero-order chi connectivity index (χ0) is 18.8. The lowest BCUT2D eigenvalue weighted by atomic mass is 9.99. The van der Waals surface area contributed by atoms with Gasteiger partial charge in [-0.25, -0.2) is 4.39 Å². The van der Waals surface area contributed by atoms with Gasteiger partial charge in [-0.15, -0.1) is 0 Å². The van der Waals surface area contributed by atoms with E-state index in [0.717, 1.165) is 38.0 Å².